The van der Waals surface area contributed by atoms with Gasteiger partial charge in [0.2, 0.25) is 0 Å². The predicted octanol–water partition coefficient (Wildman–Crippen LogP) is 2.97. The second-order valence-electron chi connectivity index (χ2n) is 11.9. The number of carbonyl (C=O) groups is 1. The fourth-order valence-corrected chi connectivity index (χ4v) is 11.2. The Morgan fingerprint density at radius 1 is 1.37 bits per heavy atom. The molecule has 0 aromatic carbocycles. The molecule has 1 N–H and O–H groups in total. The van der Waals surface area contributed by atoms with E-state index >= 15 is 0 Å². The van der Waals surface area contributed by atoms with E-state index in [1.54, 1.807) is 0 Å². The lowest BCUT2D eigenvalue weighted by atomic mass is 9.41. The summed E-state index contributed by atoms with van der Waals surface area (Å²) in [5.41, 5.74) is 1.25. The highest BCUT2D eigenvalue weighted by atomic mass is 16.5. The molecule has 4 aliphatic heterocycles. The summed E-state index contributed by atoms with van der Waals surface area (Å²) in [7, 11) is 0. The van der Waals surface area contributed by atoms with Crippen LogP contribution in [0.5, 0.6) is 0 Å². The van der Waals surface area contributed by atoms with Crippen molar-refractivity contribution in [1.82, 2.24) is 4.90 Å². The number of nitrogens with zero attached hydrogens (tertiary/aromatic N) is 1. The van der Waals surface area contributed by atoms with Crippen LogP contribution in [0, 0.1) is 45.8 Å². The third-order valence-corrected chi connectivity index (χ3v) is 11.7. The number of aliphatic hydroxyl groups excluding tert-OH is 1. The van der Waals surface area contributed by atoms with Crippen LogP contribution in [0.2, 0.25) is 0 Å². The molecular weight excluding hydrogens is 378 g/mol. The molecule has 12 unspecified atom stereocenters. The molecule has 0 aromatic heterocycles. The van der Waals surface area contributed by atoms with Gasteiger partial charge in [-0.05, 0) is 73.3 Å². The first-order chi connectivity index (χ1) is 14.3. The summed E-state index contributed by atoms with van der Waals surface area (Å²) in [4.78, 5) is 14.7. The molecule has 12 atom stereocenters. The molecule has 9 rings (SSSR count). The Hall–Kier alpha value is -0.910. The zero-order valence-corrected chi connectivity index (χ0v) is 18.5. The van der Waals surface area contributed by atoms with Crippen molar-refractivity contribution in [3.05, 3.63) is 12.2 Å². The molecule has 9 fully saturated rings. The zero-order chi connectivity index (χ0) is 20.8. The quantitative estimate of drug-likeness (QED) is 0.557. The number of piperidine rings is 1. The van der Waals surface area contributed by atoms with Crippen molar-refractivity contribution in [2.75, 3.05) is 13.2 Å². The molecule has 0 amide bonds. The van der Waals surface area contributed by atoms with Crippen LogP contribution < -0.4 is 0 Å². The highest BCUT2D eigenvalue weighted by Crippen LogP contribution is 2.86. The molecule has 5 heteroatoms. The van der Waals surface area contributed by atoms with Gasteiger partial charge >= 0.3 is 5.97 Å². The maximum atomic E-state index is 12.0. The number of rotatable bonds is 2. The second kappa shape index (κ2) is 5.35. The summed E-state index contributed by atoms with van der Waals surface area (Å²) in [5.74, 6) is 2.06. The standard InChI is InChI=1S/C25H35NO4/c1-5-26-20-16-8-18-23(4)7-6-14(11-29-22(23)26)25(18,20)19-9-17(30-13(3)27)15-10-24(16,19)21(28)12(15)2/h14-22,28H,2,5-11H2,1,3-4H3. The van der Waals surface area contributed by atoms with Crippen LogP contribution in [0.4, 0.5) is 0 Å². The van der Waals surface area contributed by atoms with Gasteiger partial charge in [-0.25, -0.2) is 0 Å². The highest BCUT2D eigenvalue weighted by Gasteiger charge is 2.87. The van der Waals surface area contributed by atoms with Crippen LogP contribution in [-0.4, -0.2) is 53.6 Å². The average molecular weight is 414 g/mol. The van der Waals surface area contributed by atoms with E-state index in [1.165, 1.54) is 26.2 Å². The van der Waals surface area contributed by atoms with Gasteiger partial charge < -0.3 is 14.6 Å². The Kier molecular flexibility index (Phi) is 3.32. The van der Waals surface area contributed by atoms with Crippen LogP contribution in [0.15, 0.2) is 12.2 Å². The molecule has 2 spiro atoms. The van der Waals surface area contributed by atoms with Gasteiger partial charge in [-0.15, -0.1) is 0 Å². The monoisotopic (exact) mass is 413 g/mol. The van der Waals surface area contributed by atoms with Crippen molar-refractivity contribution in [1.29, 1.82) is 0 Å². The average Bonchev–Trinajstić information content (AvgIpc) is 3.05. The van der Waals surface area contributed by atoms with Crippen LogP contribution in [0.1, 0.15) is 52.9 Å². The van der Waals surface area contributed by atoms with Gasteiger partial charge in [-0.3, -0.25) is 9.69 Å². The van der Waals surface area contributed by atoms with E-state index in [4.69, 9.17) is 9.47 Å². The minimum absolute atomic E-state index is 0.0737. The number of carbonyl (C=O) groups excluding carboxylic acids is 1. The van der Waals surface area contributed by atoms with Gasteiger partial charge in [0.15, 0.2) is 0 Å². The first-order valence-electron chi connectivity index (χ1n) is 12.2. The molecular formula is C25H35NO4. The number of hydrogen-bond donors (Lipinski definition) is 1. The van der Waals surface area contributed by atoms with E-state index in [-0.39, 0.29) is 40.5 Å². The lowest BCUT2D eigenvalue weighted by Gasteiger charge is -2.65. The van der Waals surface area contributed by atoms with Crippen molar-refractivity contribution < 1.29 is 19.4 Å². The predicted molar refractivity (Wildman–Crippen MR) is 110 cm³/mol. The minimum Gasteiger partial charge on any atom is -0.462 e. The molecule has 9 bridgehead atoms. The van der Waals surface area contributed by atoms with E-state index in [2.05, 4.69) is 25.3 Å². The highest BCUT2D eigenvalue weighted by molar-refractivity contribution is 5.66. The fourth-order valence-electron chi connectivity index (χ4n) is 11.2. The first-order valence-corrected chi connectivity index (χ1v) is 12.2. The van der Waals surface area contributed by atoms with Crippen LogP contribution in [0.25, 0.3) is 0 Å². The summed E-state index contributed by atoms with van der Waals surface area (Å²) in [6.07, 6.45) is 5.24. The summed E-state index contributed by atoms with van der Waals surface area (Å²) < 4.78 is 12.6. The third-order valence-electron chi connectivity index (χ3n) is 11.7. The molecule has 4 saturated heterocycles. The van der Waals surface area contributed by atoms with Crippen molar-refractivity contribution in [3.63, 3.8) is 0 Å². The molecule has 0 radical (unpaired) electrons. The van der Waals surface area contributed by atoms with Gasteiger partial charge in [0.25, 0.3) is 0 Å². The van der Waals surface area contributed by atoms with Crippen molar-refractivity contribution in [2.24, 2.45) is 45.8 Å². The largest absolute Gasteiger partial charge is 0.462 e. The Balaban J connectivity index is 1.46. The Morgan fingerprint density at radius 2 is 2.17 bits per heavy atom. The van der Waals surface area contributed by atoms with Crippen LogP contribution in [-0.2, 0) is 14.3 Å². The SMILES string of the molecule is C=C1C2CC3(C1O)C1CC4C5(C)CCC6COC5N(CC)C1C64C3CC2OC(C)=O. The van der Waals surface area contributed by atoms with Gasteiger partial charge in [-0.2, -0.15) is 0 Å². The summed E-state index contributed by atoms with van der Waals surface area (Å²) in [6.45, 7) is 12.5. The van der Waals surface area contributed by atoms with E-state index in [9.17, 15) is 9.90 Å². The van der Waals surface area contributed by atoms with E-state index < -0.39 is 6.10 Å². The minimum atomic E-state index is -0.453. The van der Waals surface area contributed by atoms with E-state index in [1.807, 2.05) is 0 Å². The van der Waals surface area contributed by atoms with Gasteiger partial charge in [-0.1, -0.05) is 20.4 Å². The topological polar surface area (TPSA) is 59.0 Å². The molecule has 30 heavy (non-hydrogen) atoms. The number of ether oxygens (including phenoxy) is 2. The third kappa shape index (κ3) is 1.61. The van der Waals surface area contributed by atoms with Crippen LogP contribution >= 0.6 is 0 Å². The zero-order valence-electron chi connectivity index (χ0n) is 18.5. The van der Waals surface area contributed by atoms with Gasteiger partial charge in [0.1, 0.15) is 12.3 Å². The smallest absolute Gasteiger partial charge is 0.302 e. The molecule has 0 aromatic rings. The maximum Gasteiger partial charge on any atom is 0.302 e. The Labute approximate surface area is 179 Å². The normalized spacial score (nSPS) is 62.0. The number of esters is 1. The lowest BCUT2D eigenvalue weighted by molar-refractivity contribution is -0.224. The molecule has 164 valence electrons. The van der Waals surface area contributed by atoms with Crippen LogP contribution in [0.3, 0.4) is 0 Å². The summed E-state index contributed by atoms with van der Waals surface area (Å²) in [5, 5.41) is 11.7. The number of fused-ring (bicyclic) bond motifs is 2. The number of hydrogen-bond acceptors (Lipinski definition) is 5. The lowest BCUT2D eigenvalue weighted by Crippen LogP contribution is -2.68. The van der Waals surface area contributed by atoms with E-state index in [0.29, 0.717) is 29.7 Å². The van der Waals surface area contributed by atoms with Gasteiger partial charge in [0, 0.05) is 29.7 Å². The second-order valence-corrected chi connectivity index (χ2v) is 11.9. The van der Waals surface area contributed by atoms with E-state index in [0.717, 1.165) is 31.6 Å². The maximum absolute atomic E-state index is 12.0. The molecule has 5 aliphatic carbocycles. The molecule has 4 heterocycles. The molecule has 9 aliphatic rings. The van der Waals surface area contributed by atoms with Crippen molar-refractivity contribution >= 4 is 5.97 Å². The Morgan fingerprint density at radius 3 is 2.90 bits per heavy atom. The first kappa shape index (κ1) is 18.6. The fraction of sp³-hybridized carbons (Fsp3) is 0.880. The molecule has 5 saturated carbocycles. The molecule has 5 nitrogen and oxygen atoms in total. The van der Waals surface area contributed by atoms with Crippen molar-refractivity contribution in [3.8, 4) is 0 Å². The van der Waals surface area contributed by atoms with Crippen molar-refractivity contribution in [2.45, 2.75) is 77.4 Å². The summed E-state index contributed by atoms with van der Waals surface area (Å²) >= 11 is 0. The number of aliphatic hydroxyl groups is 1. The summed E-state index contributed by atoms with van der Waals surface area (Å²) in [6, 6.07) is 0.501. The Bertz CT molecular complexity index is 858. The van der Waals surface area contributed by atoms with Gasteiger partial charge in [0.05, 0.1) is 12.7 Å².